The van der Waals surface area contributed by atoms with Gasteiger partial charge in [0.15, 0.2) is 0 Å². The van der Waals surface area contributed by atoms with E-state index in [-0.39, 0.29) is 12.6 Å². The SMILES string of the molecule is C=CC[C@@]1(CNC(=O)OC(C)(C)C)CNCCN1C(=O)OC(C)(C)C. The van der Waals surface area contributed by atoms with Gasteiger partial charge in [-0.25, -0.2) is 9.59 Å². The molecular weight excluding hydrogens is 322 g/mol. The van der Waals surface area contributed by atoms with Crippen molar-refractivity contribution in [3.05, 3.63) is 12.7 Å². The number of hydrogen-bond acceptors (Lipinski definition) is 5. The molecule has 0 unspecified atom stereocenters. The van der Waals surface area contributed by atoms with Crippen molar-refractivity contribution in [3.63, 3.8) is 0 Å². The van der Waals surface area contributed by atoms with Crippen LogP contribution >= 0.6 is 0 Å². The van der Waals surface area contributed by atoms with Gasteiger partial charge < -0.3 is 20.1 Å². The van der Waals surface area contributed by atoms with Crippen LogP contribution < -0.4 is 10.6 Å². The third-order valence-corrected chi connectivity index (χ3v) is 3.64. The topological polar surface area (TPSA) is 79.9 Å². The third kappa shape index (κ3) is 6.94. The van der Waals surface area contributed by atoms with Crippen LogP contribution in [0.25, 0.3) is 0 Å². The lowest BCUT2D eigenvalue weighted by molar-refractivity contribution is -0.0122. The molecule has 0 spiro atoms. The lowest BCUT2D eigenvalue weighted by Crippen LogP contribution is -2.67. The minimum Gasteiger partial charge on any atom is -0.444 e. The molecule has 0 aromatic carbocycles. The van der Waals surface area contributed by atoms with E-state index in [1.807, 2.05) is 20.8 Å². The van der Waals surface area contributed by atoms with Crippen molar-refractivity contribution in [2.45, 2.75) is 64.7 Å². The lowest BCUT2D eigenvalue weighted by Gasteiger charge is -2.47. The zero-order valence-electron chi connectivity index (χ0n) is 16.4. The van der Waals surface area contributed by atoms with Crippen molar-refractivity contribution in [2.75, 3.05) is 26.2 Å². The maximum atomic E-state index is 12.7. The number of ether oxygens (including phenoxy) is 2. The summed E-state index contributed by atoms with van der Waals surface area (Å²) in [5.74, 6) is 0. The number of hydrogen-bond donors (Lipinski definition) is 2. The van der Waals surface area contributed by atoms with Crippen molar-refractivity contribution in [1.29, 1.82) is 0 Å². The summed E-state index contributed by atoms with van der Waals surface area (Å²) in [6, 6.07) is 0. The zero-order valence-corrected chi connectivity index (χ0v) is 16.4. The predicted molar refractivity (Wildman–Crippen MR) is 97.6 cm³/mol. The average Bonchev–Trinajstić information content (AvgIpc) is 2.42. The molecule has 2 N–H and O–H groups in total. The van der Waals surface area contributed by atoms with Crippen molar-refractivity contribution in [2.24, 2.45) is 0 Å². The Morgan fingerprint density at radius 3 is 2.32 bits per heavy atom. The molecule has 1 aliphatic heterocycles. The Labute approximate surface area is 151 Å². The fourth-order valence-electron chi connectivity index (χ4n) is 2.68. The van der Waals surface area contributed by atoms with Gasteiger partial charge >= 0.3 is 12.2 Å². The van der Waals surface area contributed by atoms with E-state index >= 15 is 0 Å². The van der Waals surface area contributed by atoms with Crippen molar-refractivity contribution < 1.29 is 19.1 Å². The van der Waals surface area contributed by atoms with Gasteiger partial charge in [-0.15, -0.1) is 6.58 Å². The summed E-state index contributed by atoms with van der Waals surface area (Å²) in [5.41, 5.74) is -1.80. The number of carbonyl (C=O) groups excluding carboxylic acids is 2. The molecule has 25 heavy (non-hydrogen) atoms. The van der Waals surface area contributed by atoms with Gasteiger partial charge in [-0.1, -0.05) is 6.08 Å². The monoisotopic (exact) mass is 355 g/mol. The van der Waals surface area contributed by atoms with Crippen molar-refractivity contribution >= 4 is 12.2 Å². The molecule has 7 nitrogen and oxygen atoms in total. The molecular formula is C18H33N3O4. The van der Waals surface area contributed by atoms with Gasteiger partial charge in [-0.05, 0) is 48.0 Å². The van der Waals surface area contributed by atoms with Crippen LogP contribution in [-0.2, 0) is 9.47 Å². The van der Waals surface area contributed by atoms with Crippen LogP contribution in [0.2, 0.25) is 0 Å². The number of amides is 2. The Hall–Kier alpha value is -1.76. The first kappa shape index (κ1) is 21.3. The smallest absolute Gasteiger partial charge is 0.410 e. The van der Waals surface area contributed by atoms with Crippen LogP contribution in [-0.4, -0.2) is 60.0 Å². The van der Waals surface area contributed by atoms with Crippen LogP contribution in [0.4, 0.5) is 9.59 Å². The van der Waals surface area contributed by atoms with Crippen molar-refractivity contribution in [3.8, 4) is 0 Å². The fraction of sp³-hybridized carbons (Fsp3) is 0.778. The third-order valence-electron chi connectivity index (χ3n) is 3.64. The molecule has 0 saturated carbocycles. The van der Waals surface area contributed by atoms with E-state index in [2.05, 4.69) is 17.2 Å². The highest BCUT2D eigenvalue weighted by Gasteiger charge is 2.43. The molecule has 1 fully saturated rings. The van der Waals surface area contributed by atoms with Gasteiger partial charge in [0.25, 0.3) is 0 Å². The lowest BCUT2D eigenvalue weighted by atomic mass is 9.90. The first-order chi connectivity index (χ1) is 11.4. The summed E-state index contributed by atoms with van der Waals surface area (Å²) in [5, 5.41) is 6.07. The Morgan fingerprint density at radius 1 is 1.20 bits per heavy atom. The Bertz CT molecular complexity index is 494. The van der Waals surface area contributed by atoms with Gasteiger partial charge in [0.05, 0.1) is 5.54 Å². The minimum absolute atomic E-state index is 0.250. The number of nitrogens with one attached hydrogen (secondary N) is 2. The summed E-state index contributed by atoms with van der Waals surface area (Å²) in [4.78, 5) is 26.4. The van der Waals surface area contributed by atoms with Crippen molar-refractivity contribution in [1.82, 2.24) is 15.5 Å². The number of rotatable bonds is 4. The highest BCUT2D eigenvalue weighted by Crippen LogP contribution is 2.25. The van der Waals surface area contributed by atoms with Gasteiger partial charge in [0.2, 0.25) is 0 Å². The second kappa shape index (κ2) is 8.08. The molecule has 2 amide bonds. The minimum atomic E-state index is -0.640. The number of nitrogens with zero attached hydrogens (tertiary/aromatic N) is 1. The molecule has 0 aliphatic carbocycles. The molecule has 1 aliphatic rings. The number of alkyl carbamates (subject to hydrolysis) is 1. The first-order valence-electron chi connectivity index (χ1n) is 8.68. The molecule has 0 aromatic rings. The van der Waals surface area contributed by atoms with E-state index in [4.69, 9.17) is 9.47 Å². The normalized spacial score (nSPS) is 21.4. The second-order valence-electron chi connectivity index (χ2n) is 8.38. The quantitative estimate of drug-likeness (QED) is 0.758. The van der Waals surface area contributed by atoms with Crippen LogP contribution in [0.3, 0.4) is 0 Å². The molecule has 0 bridgehead atoms. The summed E-state index contributed by atoms with van der Waals surface area (Å²) >= 11 is 0. The largest absolute Gasteiger partial charge is 0.444 e. The second-order valence-corrected chi connectivity index (χ2v) is 8.38. The molecule has 0 aromatic heterocycles. The van der Waals surface area contributed by atoms with Crippen LogP contribution in [0.15, 0.2) is 12.7 Å². The standard InChI is InChI=1S/C18H33N3O4/c1-8-9-18(13-20-14(22)24-16(2,3)4)12-19-10-11-21(18)15(23)25-17(5,6)7/h8,19H,1,9-13H2,2-7H3,(H,20,22)/t18-/m0/s1. The molecule has 1 atom stereocenters. The molecule has 1 heterocycles. The van der Waals surface area contributed by atoms with Gasteiger partial charge in [0.1, 0.15) is 11.2 Å². The van der Waals surface area contributed by atoms with E-state index in [0.717, 1.165) is 0 Å². The zero-order chi connectivity index (χ0) is 19.3. The maximum absolute atomic E-state index is 12.7. The first-order valence-corrected chi connectivity index (χ1v) is 8.68. The summed E-state index contributed by atoms with van der Waals surface area (Å²) < 4.78 is 10.8. The van der Waals surface area contributed by atoms with Crippen LogP contribution in [0, 0.1) is 0 Å². The highest BCUT2D eigenvalue weighted by atomic mass is 16.6. The molecule has 1 saturated heterocycles. The van der Waals surface area contributed by atoms with E-state index in [1.54, 1.807) is 31.7 Å². The number of carbonyl (C=O) groups is 2. The highest BCUT2D eigenvalue weighted by molar-refractivity contribution is 5.71. The maximum Gasteiger partial charge on any atom is 0.410 e. The molecule has 144 valence electrons. The molecule has 1 rings (SSSR count). The molecule has 0 radical (unpaired) electrons. The van der Waals surface area contributed by atoms with E-state index in [9.17, 15) is 9.59 Å². The predicted octanol–water partition coefficient (Wildman–Crippen LogP) is 2.67. The van der Waals surface area contributed by atoms with Crippen LogP contribution in [0.5, 0.6) is 0 Å². The fourth-order valence-corrected chi connectivity index (χ4v) is 2.68. The van der Waals surface area contributed by atoms with E-state index in [0.29, 0.717) is 26.1 Å². The van der Waals surface area contributed by atoms with Gasteiger partial charge in [0, 0.05) is 26.2 Å². The number of piperazine rings is 1. The molecule has 7 heteroatoms. The Morgan fingerprint density at radius 2 is 1.80 bits per heavy atom. The van der Waals surface area contributed by atoms with E-state index < -0.39 is 22.8 Å². The van der Waals surface area contributed by atoms with E-state index in [1.165, 1.54) is 0 Å². The summed E-state index contributed by atoms with van der Waals surface area (Å²) in [7, 11) is 0. The summed E-state index contributed by atoms with van der Waals surface area (Å²) in [6.45, 7) is 16.7. The van der Waals surface area contributed by atoms with Gasteiger partial charge in [-0.3, -0.25) is 4.90 Å². The Balaban J connectivity index is 2.91. The van der Waals surface area contributed by atoms with Crippen LogP contribution in [0.1, 0.15) is 48.0 Å². The Kier molecular flexibility index (Phi) is 6.88. The average molecular weight is 355 g/mol. The summed E-state index contributed by atoms with van der Waals surface area (Å²) in [6.07, 6.45) is 1.38. The van der Waals surface area contributed by atoms with Gasteiger partial charge in [-0.2, -0.15) is 0 Å².